The van der Waals surface area contributed by atoms with Gasteiger partial charge in [-0.15, -0.1) is 0 Å². The molecule has 0 heterocycles. The molecular formula is C15H12BrCl3FN. The number of nitrogens with one attached hydrogen (secondary N) is 1. The minimum Gasteiger partial charge on any atom is -0.306 e. The third-order valence-corrected chi connectivity index (χ3v) is 5.17. The monoisotopic (exact) mass is 409 g/mol. The molecule has 0 spiro atoms. The topological polar surface area (TPSA) is 12.0 Å². The van der Waals surface area contributed by atoms with Crippen molar-refractivity contribution >= 4 is 50.7 Å². The molecule has 1 unspecified atom stereocenters. The highest BCUT2D eigenvalue weighted by atomic mass is 79.9. The third kappa shape index (κ3) is 3.54. The van der Waals surface area contributed by atoms with E-state index in [9.17, 15) is 4.39 Å². The molecule has 2 aromatic rings. The first-order valence-corrected chi connectivity index (χ1v) is 8.20. The van der Waals surface area contributed by atoms with Crippen LogP contribution in [0, 0.1) is 5.82 Å². The maximum atomic E-state index is 14.5. The largest absolute Gasteiger partial charge is 0.306 e. The Kier molecular flexibility index (Phi) is 5.92. The first-order valence-electron chi connectivity index (χ1n) is 6.28. The van der Waals surface area contributed by atoms with Crippen LogP contribution in [0.5, 0.6) is 0 Å². The summed E-state index contributed by atoms with van der Waals surface area (Å²) >= 11 is 21.5. The fraction of sp³-hybridized carbons (Fsp3) is 0.200. The number of benzene rings is 2. The molecule has 1 N–H and O–H groups in total. The first kappa shape index (κ1) is 17.0. The highest BCUT2D eigenvalue weighted by Crippen LogP contribution is 2.37. The van der Waals surface area contributed by atoms with Crippen LogP contribution in [-0.4, -0.2) is 6.54 Å². The van der Waals surface area contributed by atoms with Gasteiger partial charge in [-0.2, -0.15) is 0 Å². The zero-order valence-electron chi connectivity index (χ0n) is 11.1. The molecule has 1 atom stereocenters. The zero-order chi connectivity index (χ0) is 15.6. The molecule has 112 valence electrons. The fourth-order valence-electron chi connectivity index (χ4n) is 2.10. The van der Waals surface area contributed by atoms with Crippen LogP contribution in [0.4, 0.5) is 4.39 Å². The molecule has 0 radical (unpaired) electrons. The number of hydrogen-bond donors (Lipinski definition) is 1. The Labute approximate surface area is 146 Å². The Bertz CT molecular complexity index is 664. The van der Waals surface area contributed by atoms with Crippen molar-refractivity contribution in [1.82, 2.24) is 5.32 Å². The van der Waals surface area contributed by atoms with Gasteiger partial charge in [-0.05, 0) is 40.2 Å². The quantitative estimate of drug-likeness (QED) is 0.587. The molecule has 0 amide bonds. The lowest BCUT2D eigenvalue weighted by Crippen LogP contribution is -2.23. The van der Waals surface area contributed by atoms with Gasteiger partial charge in [-0.25, -0.2) is 4.39 Å². The summed E-state index contributed by atoms with van der Waals surface area (Å²) in [5, 5.41) is 4.10. The average Bonchev–Trinajstić information content (AvgIpc) is 2.46. The van der Waals surface area contributed by atoms with Gasteiger partial charge in [0.15, 0.2) is 0 Å². The van der Waals surface area contributed by atoms with Crippen molar-refractivity contribution in [2.45, 2.75) is 13.0 Å². The molecule has 0 saturated carbocycles. The highest BCUT2D eigenvalue weighted by molar-refractivity contribution is 9.10. The predicted molar refractivity (Wildman–Crippen MR) is 91.1 cm³/mol. The summed E-state index contributed by atoms with van der Waals surface area (Å²) in [4.78, 5) is 0. The van der Waals surface area contributed by atoms with Gasteiger partial charge in [-0.3, -0.25) is 0 Å². The lowest BCUT2D eigenvalue weighted by molar-refractivity contribution is 0.559. The molecule has 0 aliphatic heterocycles. The van der Waals surface area contributed by atoms with Gasteiger partial charge in [0.2, 0.25) is 0 Å². The summed E-state index contributed by atoms with van der Waals surface area (Å²) in [7, 11) is 0. The van der Waals surface area contributed by atoms with Crippen molar-refractivity contribution in [2.24, 2.45) is 0 Å². The molecule has 0 saturated heterocycles. The molecule has 1 nitrogen and oxygen atoms in total. The van der Waals surface area contributed by atoms with Gasteiger partial charge in [0.25, 0.3) is 0 Å². The van der Waals surface area contributed by atoms with E-state index < -0.39 is 11.9 Å². The van der Waals surface area contributed by atoms with E-state index in [0.29, 0.717) is 32.2 Å². The van der Waals surface area contributed by atoms with Crippen LogP contribution in [0.15, 0.2) is 34.8 Å². The molecule has 0 aliphatic carbocycles. The van der Waals surface area contributed by atoms with Crippen LogP contribution in [0.1, 0.15) is 24.1 Å². The molecule has 0 bridgehead atoms. The van der Waals surface area contributed by atoms with E-state index in [0.717, 1.165) is 0 Å². The Morgan fingerprint density at radius 2 is 1.81 bits per heavy atom. The van der Waals surface area contributed by atoms with Crippen molar-refractivity contribution in [2.75, 3.05) is 6.54 Å². The second-order valence-corrected chi connectivity index (χ2v) is 6.42. The van der Waals surface area contributed by atoms with Gasteiger partial charge >= 0.3 is 0 Å². The maximum absolute atomic E-state index is 14.5. The van der Waals surface area contributed by atoms with E-state index in [2.05, 4.69) is 21.2 Å². The van der Waals surface area contributed by atoms with Crippen LogP contribution in [0.25, 0.3) is 0 Å². The third-order valence-electron chi connectivity index (χ3n) is 3.08. The van der Waals surface area contributed by atoms with Gasteiger partial charge in [0, 0.05) is 10.0 Å². The summed E-state index contributed by atoms with van der Waals surface area (Å²) in [6, 6.07) is 8.26. The molecule has 21 heavy (non-hydrogen) atoms. The molecule has 0 fully saturated rings. The molecule has 0 aliphatic rings. The Hall–Kier alpha value is -0.320. The van der Waals surface area contributed by atoms with Crippen molar-refractivity contribution in [1.29, 1.82) is 0 Å². The van der Waals surface area contributed by atoms with E-state index >= 15 is 0 Å². The lowest BCUT2D eigenvalue weighted by Gasteiger charge is -2.21. The Balaban J connectivity index is 2.59. The summed E-state index contributed by atoms with van der Waals surface area (Å²) in [5.74, 6) is -0.479. The fourth-order valence-corrected chi connectivity index (χ4v) is 2.99. The van der Waals surface area contributed by atoms with Crippen molar-refractivity contribution in [3.63, 3.8) is 0 Å². The van der Waals surface area contributed by atoms with Gasteiger partial charge in [0.05, 0.1) is 21.1 Å². The second kappa shape index (κ2) is 7.30. The van der Waals surface area contributed by atoms with Crippen molar-refractivity contribution in [3.8, 4) is 0 Å². The smallest absolute Gasteiger partial charge is 0.148 e. The van der Waals surface area contributed by atoms with E-state index in [4.69, 9.17) is 34.8 Å². The van der Waals surface area contributed by atoms with Crippen molar-refractivity contribution < 1.29 is 4.39 Å². The predicted octanol–water partition coefficient (Wildman–Crippen LogP) is 6.25. The SMILES string of the molecule is CCNC(c1ccc(Br)c(Cl)c1F)c1cccc(Cl)c1Cl. The number of halogens is 5. The minimum atomic E-state index is -0.479. The van der Waals surface area contributed by atoms with Crippen LogP contribution in [-0.2, 0) is 0 Å². The summed E-state index contributed by atoms with van der Waals surface area (Å²) in [6.45, 7) is 2.57. The Morgan fingerprint density at radius 1 is 1.10 bits per heavy atom. The van der Waals surface area contributed by atoms with Crippen LogP contribution in [0.3, 0.4) is 0 Å². The first-order chi connectivity index (χ1) is 9.97. The minimum absolute atomic E-state index is 0.0496. The van der Waals surface area contributed by atoms with Gasteiger partial charge in [0.1, 0.15) is 5.82 Å². The lowest BCUT2D eigenvalue weighted by atomic mass is 9.98. The standard InChI is InChI=1S/C15H12BrCl3FN/c1-2-21-15(8-4-3-5-11(17)12(8)18)9-6-7-10(16)13(19)14(9)20/h3-7,15,21H,2H2,1H3. The Morgan fingerprint density at radius 3 is 2.48 bits per heavy atom. The van der Waals surface area contributed by atoms with Crippen LogP contribution < -0.4 is 5.32 Å². The number of rotatable bonds is 4. The highest BCUT2D eigenvalue weighted by Gasteiger charge is 2.22. The number of hydrogen-bond acceptors (Lipinski definition) is 1. The van der Waals surface area contributed by atoms with E-state index in [1.807, 2.05) is 13.0 Å². The summed E-state index contributed by atoms with van der Waals surface area (Å²) < 4.78 is 15.0. The van der Waals surface area contributed by atoms with Gasteiger partial charge in [-0.1, -0.05) is 59.9 Å². The molecule has 6 heteroatoms. The molecular weight excluding hydrogens is 399 g/mol. The zero-order valence-corrected chi connectivity index (χ0v) is 14.9. The van der Waals surface area contributed by atoms with E-state index in [1.165, 1.54) is 0 Å². The van der Waals surface area contributed by atoms with Crippen molar-refractivity contribution in [3.05, 3.63) is 66.8 Å². The van der Waals surface area contributed by atoms with E-state index in [-0.39, 0.29) is 5.02 Å². The average molecular weight is 412 g/mol. The van der Waals surface area contributed by atoms with E-state index in [1.54, 1.807) is 24.3 Å². The summed E-state index contributed by atoms with van der Waals surface area (Å²) in [6.07, 6.45) is 0. The van der Waals surface area contributed by atoms with Gasteiger partial charge < -0.3 is 5.32 Å². The summed E-state index contributed by atoms with van der Waals surface area (Å²) in [5.41, 5.74) is 1.14. The molecule has 0 aromatic heterocycles. The van der Waals surface area contributed by atoms with Crippen LogP contribution in [0.2, 0.25) is 15.1 Å². The second-order valence-electron chi connectivity index (χ2n) is 4.40. The molecule has 2 aromatic carbocycles. The normalized spacial score (nSPS) is 12.5. The van der Waals surface area contributed by atoms with Crippen LogP contribution >= 0.6 is 50.7 Å². The molecule has 2 rings (SSSR count). The maximum Gasteiger partial charge on any atom is 0.148 e.